The molecule has 2 heterocycles. The van der Waals surface area contributed by atoms with E-state index in [0.717, 1.165) is 48.6 Å². The van der Waals surface area contributed by atoms with Crippen molar-refractivity contribution in [3.05, 3.63) is 83.3 Å². The van der Waals surface area contributed by atoms with Crippen LogP contribution in [-0.2, 0) is 12.8 Å². The van der Waals surface area contributed by atoms with Crippen LogP contribution in [0.15, 0.2) is 60.9 Å². The van der Waals surface area contributed by atoms with Crippen molar-refractivity contribution in [3.63, 3.8) is 0 Å². The molecular weight excluding hydrogens is 434 g/mol. The van der Waals surface area contributed by atoms with Crippen molar-refractivity contribution in [2.24, 2.45) is 0 Å². The number of amides is 1. The smallest absolute Gasteiger partial charge is 0.255 e. The van der Waals surface area contributed by atoms with Crippen LogP contribution >= 0.6 is 12.4 Å². The monoisotopic (exact) mass is 461 g/mol. The van der Waals surface area contributed by atoms with Crippen LogP contribution in [0.5, 0.6) is 0 Å². The van der Waals surface area contributed by atoms with Gasteiger partial charge in [-0.15, -0.1) is 12.4 Å². The first-order valence-corrected chi connectivity index (χ1v) is 11.6. The van der Waals surface area contributed by atoms with Crippen molar-refractivity contribution >= 4 is 29.2 Å². The number of hydrogen-bond donors (Lipinski definition) is 1. The summed E-state index contributed by atoms with van der Waals surface area (Å²) in [6, 6.07) is 17.1. The average Bonchev–Trinajstić information content (AvgIpc) is 3.38. The molecule has 2 aromatic carbocycles. The normalized spacial score (nSPS) is 18.4. The van der Waals surface area contributed by atoms with Crippen LogP contribution in [0.4, 0.5) is 0 Å². The van der Waals surface area contributed by atoms with Gasteiger partial charge >= 0.3 is 0 Å². The van der Waals surface area contributed by atoms with Gasteiger partial charge in [-0.2, -0.15) is 10.2 Å². The number of carbonyl (C=O) groups excluding carboxylic acids is 1. The number of fused-ring (bicyclic) bond motifs is 2. The molecule has 0 spiro atoms. The molecule has 1 saturated carbocycles. The summed E-state index contributed by atoms with van der Waals surface area (Å²) < 4.78 is 2.03. The van der Waals surface area contributed by atoms with Gasteiger partial charge in [0.05, 0.1) is 29.5 Å². The first kappa shape index (κ1) is 21.7. The maximum atomic E-state index is 13.9. The fourth-order valence-corrected chi connectivity index (χ4v) is 5.19. The third kappa shape index (κ3) is 3.82. The number of nitrogens with one attached hydrogen (secondary N) is 1. The van der Waals surface area contributed by atoms with E-state index in [2.05, 4.69) is 52.4 Å². The molecule has 0 radical (unpaired) electrons. The van der Waals surface area contributed by atoms with E-state index in [0.29, 0.717) is 6.04 Å². The minimum Gasteiger partial charge on any atom is -0.332 e. The van der Waals surface area contributed by atoms with Crippen molar-refractivity contribution < 1.29 is 4.79 Å². The summed E-state index contributed by atoms with van der Waals surface area (Å²) in [6.45, 7) is 2.15. The third-order valence-electron chi connectivity index (χ3n) is 7.08. The number of aryl methyl sites for hydroxylation is 1. The van der Waals surface area contributed by atoms with E-state index in [1.807, 2.05) is 35.3 Å². The fourth-order valence-electron chi connectivity index (χ4n) is 5.19. The second-order valence-corrected chi connectivity index (χ2v) is 9.13. The first-order valence-electron chi connectivity index (χ1n) is 11.6. The molecule has 2 unspecified atom stereocenters. The number of aromatic amines is 1. The van der Waals surface area contributed by atoms with Crippen LogP contribution in [0.2, 0.25) is 0 Å². The molecule has 0 aliphatic heterocycles. The van der Waals surface area contributed by atoms with Gasteiger partial charge in [-0.3, -0.25) is 14.6 Å². The van der Waals surface area contributed by atoms with E-state index >= 15 is 0 Å². The summed E-state index contributed by atoms with van der Waals surface area (Å²) in [6.07, 6.45) is 8.80. The number of halogens is 1. The van der Waals surface area contributed by atoms with E-state index in [-0.39, 0.29) is 30.4 Å². The van der Waals surface area contributed by atoms with Crippen molar-refractivity contribution in [3.8, 4) is 0 Å². The number of H-pyrrole nitrogens is 1. The van der Waals surface area contributed by atoms with Crippen LogP contribution in [-0.4, -0.2) is 42.9 Å². The third-order valence-corrected chi connectivity index (χ3v) is 7.08. The van der Waals surface area contributed by atoms with E-state index in [1.54, 1.807) is 0 Å². The summed E-state index contributed by atoms with van der Waals surface area (Å²) in [5.41, 5.74) is 5.44. The molecule has 1 N–H and O–H groups in total. The van der Waals surface area contributed by atoms with E-state index in [1.165, 1.54) is 16.8 Å². The molecule has 0 bridgehead atoms. The minimum absolute atomic E-state index is 0. The molecule has 4 aromatic rings. The molecular formula is C26H28ClN5O. The predicted octanol–water partition coefficient (Wildman–Crippen LogP) is 4.95. The van der Waals surface area contributed by atoms with Crippen LogP contribution in [0.25, 0.3) is 10.9 Å². The fraction of sp³-hybridized carbons (Fsp3) is 0.346. The number of nitrogens with zero attached hydrogens (tertiary/aromatic N) is 4. The quantitative estimate of drug-likeness (QED) is 0.457. The highest BCUT2D eigenvalue weighted by Gasteiger charge is 2.39. The second kappa shape index (κ2) is 8.67. The van der Waals surface area contributed by atoms with E-state index in [4.69, 9.17) is 5.10 Å². The van der Waals surface area contributed by atoms with Crippen LogP contribution in [0.1, 0.15) is 59.4 Å². The summed E-state index contributed by atoms with van der Waals surface area (Å²) in [4.78, 5) is 16.1. The Kier molecular flexibility index (Phi) is 5.71. The average molecular weight is 462 g/mol. The summed E-state index contributed by atoms with van der Waals surface area (Å²) in [7, 11) is 0. The maximum Gasteiger partial charge on any atom is 0.255 e. The Labute approximate surface area is 199 Å². The van der Waals surface area contributed by atoms with Crippen molar-refractivity contribution in [1.82, 2.24) is 24.9 Å². The Bertz CT molecular complexity index is 1280. The van der Waals surface area contributed by atoms with Gasteiger partial charge in [-0.1, -0.05) is 36.4 Å². The Morgan fingerprint density at radius 2 is 1.88 bits per heavy atom. The number of carbonyl (C=O) groups is 1. The van der Waals surface area contributed by atoms with Gasteiger partial charge < -0.3 is 4.90 Å². The zero-order valence-corrected chi connectivity index (χ0v) is 19.5. The van der Waals surface area contributed by atoms with E-state index in [9.17, 15) is 4.79 Å². The molecule has 170 valence electrons. The SMILES string of the molecule is CC(c1ccccc1)n1ncc2c(C(=O)N(C3CC3)C3CCc4[nH]ncc4C3)cccc21.Cl. The lowest BCUT2D eigenvalue weighted by molar-refractivity contribution is 0.0645. The molecule has 2 atom stereocenters. The Morgan fingerprint density at radius 3 is 2.67 bits per heavy atom. The lowest BCUT2D eigenvalue weighted by atomic mass is 9.91. The van der Waals surface area contributed by atoms with Crippen molar-refractivity contribution in [2.75, 3.05) is 0 Å². The van der Waals surface area contributed by atoms with Gasteiger partial charge in [-0.25, -0.2) is 0 Å². The summed E-state index contributed by atoms with van der Waals surface area (Å²) in [5, 5.41) is 13.0. The zero-order valence-electron chi connectivity index (χ0n) is 18.6. The highest BCUT2D eigenvalue weighted by molar-refractivity contribution is 6.06. The first-order chi connectivity index (χ1) is 15.7. The van der Waals surface area contributed by atoms with Crippen LogP contribution < -0.4 is 0 Å². The van der Waals surface area contributed by atoms with Crippen molar-refractivity contribution in [2.45, 2.75) is 57.2 Å². The van der Waals surface area contributed by atoms with Gasteiger partial charge in [0, 0.05) is 23.2 Å². The van der Waals surface area contributed by atoms with Crippen molar-refractivity contribution in [1.29, 1.82) is 0 Å². The molecule has 2 aliphatic carbocycles. The largest absolute Gasteiger partial charge is 0.332 e. The number of hydrogen-bond acceptors (Lipinski definition) is 3. The van der Waals surface area contributed by atoms with Gasteiger partial charge in [0.2, 0.25) is 0 Å². The molecule has 0 saturated heterocycles. The number of benzene rings is 2. The highest BCUT2D eigenvalue weighted by atomic mass is 35.5. The Morgan fingerprint density at radius 1 is 1.06 bits per heavy atom. The predicted molar refractivity (Wildman–Crippen MR) is 131 cm³/mol. The van der Waals surface area contributed by atoms with Crippen LogP contribution in [0.3, 0.4) is 0 Å². The molecule has 1 amide bonds. The molecule has 2 aromatic heterocycles. The molecule has 33 heavy (non-hydrogen) atoms. The molecule has 7 heteroatoms. The maximum absolute atomic E-state index is 13.9. The lowest BCUT2D eigenvalue weighted by Crippen LogP contribution is -2.44. The van der Waals surface area contributed by atoms with Gasteiger partial charge in [-0.05, 0) is 62.3 Å². The zero-order chi connectivity index (χ0) is 21.7. The molecule has 6 rings (SSSR count). The topological polar surface area (TPSA) is 66.8 Å². The molecule has 2 aliphatic rings. The van der Waals surface area contributed by atoms with E-state index < -0.39 is 0 Å². The second-order valence-electron chi connectivity index (χ2n) is 9.13. The van der Waals surface area contributed by atoms with Crippen LogP contribution in [0, 0.1) is 0 Å². The van der Waals surface area contributed by atoms with Gasteiger partial charge in [0.25, 0.3) is 5.91 Å². The molecule has 1 fully saturated rings. The molecule has 6 nitrogen and oxygen atoms in total. The summed E-state index contributed by atoms with van der Waals surface area (Å²) in [5.74, 6) is 0.141. The Balaban J connectivity index is 0.00000228. The number of aromatic nitrogens is 4. The highest BCUT2D eigenvalue weighted by Crippen LogP contribution is 2.36. The van der Waals surface area contributed by atoms with Gasteiger partial charge in [0.15, 0.2) is 0 Å². The lowest BCUT2D eigenvalue weighted by Gasteiger charge is -2.34. The Hall–Kier alpha value is -3.12. The van der Waals surface area contributed by atoms with Gasteiger partial charge in [0.1, 0.15) is 0 Å². The standard InChI is InChI=1S/C26H27N5O.ClH/c1-17(18-6-3-2-4-7-18)31-25-9-5-8-22(23(25)16-28-31)26(32)30(20-10-11-20)21-12-13-24-19(14-21)15-27-29-24;/h2-9,15-17,20-21H,10-14H2,1H3,(H,27,29);1H. The summed E-state index contributed by atoms with van der Waals surface area (Å²) >= 11 is 0. The minimum atomic E-state index is 0. The number of rotatable bonds is 5.